The third kappa shape index (κ3) is 4.81. The highest BCUT2D eigenvalue weighted by atomic mass is 35.5. The number of aromatic nitrogens is 1. The van der Waals surface area contributed by atoms with Crippen LogP contribution >= 0.6 is 11.6 Å². The van der Waals surface area contributed by atoms with E-state index < -0.39 is 0 Å². The Morgan fingerprint density at radius 2 is 1.70 bits per heavy atom. The Hall–Kier alpha value is -3.50. The van der Waals surface area contributed by atoms with Crippen LogP contribution in [0, 0.1) is 13.8 Å². The van der Waals surface area contributed by atoms with Crippen LogP contribution in [0.5, 0.6) is 0 Å². The third-order valence-electron chi connectivity index (χ3n) is 5.58. The number of aryl methyl sites for hydroxylation is 2. The standard InChI is InChI=1S/C28H25ClN2O2/c1-4-7-26(32)19-10-12-20(13-11-19)30-28(33)23-16-25(21-8-5-6-9-24(21)29)31-27-18(3)14-17(2)15-22(23)27/h5-6,8-16H,4,7H2,1-3H3,(H,30,33). The molecule has 0 aliphatic carbocycles. The molecular formula is C28H25ClN2O2. The Morgan fingerprint density at radius 3 is 2.39 bits per heavy atom. The molecule has 166 valence electrons. The smallest absolute Gasteiger partial charge is 0.256 e. The highest BCUT2D eigenvalue weighted by Crippen LogP contribution is 2.32. The molecule has 1 aromatic heterocycles. The Kier molecular flexibility index (Phi) is 6.57. The fourth-order valence-electron chi connectivity index (χ4n) is 3.98. The zero-order valence-corrected chi connectivity index (χ0v) is 19.7. The molecule has 0 atom stereocenters. The molecule has 4 aromatic rings. The number of ketones is 1. The summed E-state index contributed by atoms with van der Waals surface area (Å²) in [5.41, 5.74) is 6.03. The lowest BCUT2D eigenvalue weighted by molar-refractivity contribution is 0.0980. The van der Waals surface area contributed by atoms with E-state index in [0.717, 1.165) is 34.0 Å². The molecule has 1 N–H and O–H groups in total. The summed E-state index contributed by atoms with van der Waals surface area (Å²) in [6, 6.07) is 20.3. The number of fused-ring (bicyclic) bond motifs is 1. The van der Waals surface area contributed by atoms with Crippen molar-refractivity contribution >= 4 is 39.9 Å². The number of nitrogens with one attached hydrogen (secondary N) is 1. The van der Waals surface area contributed by atoms with E-state index in [4.69, 9.17) is 16.6 Å². The molecule has 0 radical (unpaired) electrons. The van der Waals surface area contributed by atoms with Crippen molar-refractivity contribution < 1.29 is 9.59 Å². The molecule has 0 saturated carbocycles. The first-order valence-electron chi connectivity index (χ1n) is 11.0. The number of hydrogen-bond donors (Lipinski definition) is 1. The van der Waals surface area contributed by atoms with Crippen LogP contribution in [0.4, 0.5) is 5.69 Å². The monoisotopic (exact) mass is 456 g/mol. The SMILES string of the molecule is CCCC(=O)c1ccc(NC(=O)c2cc(-c3ccccc3Cl)nc3c(C)cc(C)cc23)cc1. The fourth-order valence-corrected chi connectivity index (χ4v) is 4.22. The summed E-state index contributed by atoms with van der Waals surface area (Å²) >= 11 is 6.43. The lowest BCUT2D eigenvalue weighted by atomic mass is 9.99. The summed E-state index contributed by atoms with van der Waals surface area (Å²) in [5.74, 6) is -0.140. The van der Waals surface area contributed by atoms with Gasteiger partial charge in [-0.05, 0) is 68.3 Å². The van der Waals surface area contributed by atoms with Crippen LogP contribution in [0.15, 0.2) is 66.7 Å². The van der Waals surface area contributed by atoms with E-state index in [1.54, 1.807) is 30.3 Å². The van der Waals surface area contributed by atoms with Crippen molar-refractivity contribution in [1.29, 1.82) is 0 Å². The second-order valence-corrected chi connectivity index (χ2v) is 8.62. The first kappa shape index (κ1) is 22.7. The predicted octanol–water partition coefficient (Wildman–Crippen LogP) is 7.41. The van der Waals surface area contributed by atoms with Gasteiger partial charge in [0, 0.05) is 33.6 Å². The first-order chi connectivity index (χ1) is 15.9. The normalized spacial score (nSPS) is 10.9. The Bertz CT molecular complexity index is 1360. The van der Waals surface area contributed by atoms with Crippen LogP contribution in [0.25, 0.3) is 22.2 Å². The number of pyridine rings is 1. The van der Waals surface area contributed by atoms with Crippen molar-refractivity contribution in [2.75, 3.05) is 5.32 Å². The summed E-state index contributed by atoms with van der Waals surface area (Å²) < 4.78 is 0. The van der Waals surface area contributed by atoms with E-state index >= 15 is 0 Å². The molecule has 0 aliphatic rings. The summed E-state index contributed by atoms with van der Waals surface area (Å²) in [4.78, 5) is 30.3. The van der Waals surface area contributed by atoms with Gasteiger partial charge in [0.1, 0.15) is 0 Å². The Morgan fingerprint density at radius 1 is 0.970 bits per heavy atom. The zero-order valence-electron chi connectivity index (χ0n) is 18.9. The van der Waals surface area contributed by atoms with Gasteiger partial charge < -0.3 is 5.32 Å². The minimum atomic E-state index is -0.242. The van der Waals surface area contributed by atoms with Gasteiger partial charge in [-0.3, -0.25) is 9.59 Å². The number of benzene rings is 3. The van der Waals surface area contributed by atoms with Crippen molar-refractivity contribution in [3.8, 4) is 11.3 Å². The van der Waals surface area contributed by atoms with Gasteiger partial charge >= 0.3 is 0 Å². The number of Topliss-reactive ketones (excluding diaryl/α,β-unsaturated/α-hetero) is 1. The molecule has 1 amide bonds. The molecule has 33 heavy (non-hydrogen) atoms. The molecule has 0 bridgehead atoms. The molecule has 0 fully saturated rings. The van der Waals surface area contributed by atoms with Crippen molar-refractivity contribution in [1.82, 2.24) is 4.98 Å². The lowest BCUT2D eigenvalue weighted by Gasteiger charge is -2.14. The molecule has 3 aromatic carbocycles. The highest BCUT2D eigenvalue weighted by molar-refractivity contribution is 6.33. The Labute approximate surface area is 198 Å². The van der Waals surface area contributed by atoms with E-state index in [2.05, 4.69) is 11.4 Å². The molecule has 5 heteroatoms. The largest absolute Gasteiger partial charge is 0.322 e. The van der Waals surface area contributed by atoms with Gasteiger partial charge in [-0.2, -0.15) is 0 Å². The van der Waals surface area contributed by atoms with Crippen LogP contribution in [0.2, 0.25) is 5.02 Å². The summed E-state index contributed by atoms with van der Waals surface area (Å²) in [7, 11) is 0. The van der Waals surface area contributed by atoms with Crippen LogP contribution in [-0.4, -0.2) is 16.7 Å². The Balaban J connectivity index is 1.76. The van der Waals surface area contributed by atoms with Gasteiger partial charge in [0.25, 0.3) is 5.91 Å². The van der Waals surface area contributed by atoms with Gasteiger partial charge in [-0.1, -0.05) is 48.4 Å². The van der Waals surface area contributed by atoms with Crippen LogP contribution in [-0.2, 0) is 0 Å². The number of carbonyl (C=O) groups excluding carboxylic acids is 2. The van der Waals surface area contributed by atoms with Gasteiger partial charge in [0.2, 0.25) is 0 Å². The van der Waals surface area contributed by atoms with E-state index in [1.807, 2.05) is 51.1 Å². The molecule has 4 rings (SSSR count). The second-order valence-electron chi connectivity index (χ2n) is 8.22. The minimum Gasteiger partial charge on any atom is -0.322 e. The number of carbonyl (C=O) groups is 2. The van der Waals surface area contributed by atoms with Crippen LogP contribution < -0.4 is 5.32 Å². The highest BCUT2D eigenvalue weighted by Gasteiger charge is 2.17. The van der Waals surface area contributed by atoms with E-state index in [1.165, 1.54) is 0 Å². The van der Waals surface area contributed by atoms with Crippen molar-refractivity contribution in [3.63, 3.8) is 0 Å². The first-order valence-corrected chi connectivity index (χ1v) is 11.4. The number of anilines is 1. The number of nitrogens with zero attached hydrogens (tertiary/aromatic N) is 1. The van der Waals surface area contributed by atoms with Gasteiger partial charge in [-0.15, -0.1) is 0 Å². The second kappa shape index (κ2) is 9.55. The van der Waals surface area contributed by atoms with Crippen molar-refractivity contribution in [2.45, 2.75) is 33.6 Å². The summed E-state index contributed by atoms with van der Waals surface area (Å²) in [6.45, 7) is 5.97. The average Bonchev–Trinajstić information content (AvgIpc) is 2.79. The summed E-state index contributed by atoms with van der Waals surface area (Å²) in [6.07, 6.45) is 1.32. The molecule has 0 aliphatic heterocycles. The third-order valence-corrected chi connectivity index (χ3v) is 5.91. The van der Waals surface area contributed by atoms with Gasteiger partial charge in [0.05, 0.1) is 16.8 Å². The number of rotatable bonds is 6. The molecule has 0 saturated heterocycles. The molecule has 4 nitrogen and oxygen atoms in total. The zero-order chi connectivity index (χ0) is 23.5. The molecule has 0 spiro atoms. The van der Waals surface area contributed by atoms with Crippen molar-refractivity contribution in [3.05, 3.63) is 94.0 Å². The quantitative estimate of drug-likeness (QED) is 0.307. The van der Waals surface area contributed by atoms with Gasteiger partial charge in [-0.25, -0.2) is 4.98 Å². The number of hydrogen-bond acceptors (Lipinski definition) is 3. The molecular weight excluding hydrogens is 432 g/mol. The fraction of sp³-hybridized carbons (Fsp3) is 0.179. The van der Waals surface area contributed by atoms with E-state index in [0.29, 0.717) is 34.0 Å². The maximum atomic E-state index is 13.4. The van der Waals surface area contributed by atoms with Crippen LogP contribution in [0.3, 0.4) is 0 Å². The number of halogens is 1. The number of amides is 1. The minimum absolute atomic E-state index is 0.103. The molecule has 1 heterocycles. The average molecular weight is 457 g/mol. The van der Waals surface area contributed by atoms with E-state index in [9.17, 15) is 9.59 Å². The maximum absolute atomic E-state index is 13.4. The van der Waals surface area contributed by atoms with Gasteiger partial charge in [0.15, 0.2) is 5.78 Å². The maximum Gasteiger partial charge on any atom is 0.256 e. The van der Waals surface area contributed by atoms with E-state index in [-0.39, 0.29) is 11.7 Å². The topological polar surface area (TPSA) is 59.1 Å². The lowest BCUT2D eigenvalue weighted by Crippen LogP contribution is -2.13. The van der Waals surface area contributed by atoms with Crippen molar-refractivity contribution in [2.24, 2.45) is 0 Å². The molecule has 0 unspecified atom stereocenters. The summed E-state index contributed by atoms with van der Waals surface area (Å²) in [5, 5.41) is 4.33. The van der Waals surface area contributed by atoms with Crippen LogP contribution in [0.1, 0.15) is 51.6 Å². The predicted molar refractivity (Wildman–Crippen MR) is 135 cm³/mol.